The Morgan fingerprint density at radius 2 is 1.92 bits per heavy atom. The maximum Gasteiger partial charge on any atom is 0.250 e. The van der Waals surface area contributed by atoms with Crippen LogP contribution in [-0.4, -0.2) is 41.3 Å². The van der Waals surface area contributed by atoms with Gasteiger partial charge >= 0.3 is 0 Å². The van der Waals surface area contributed by atoms with Crippen molar-refractivity contribution in [3.63, 3.8) is 0 Å². The van der Waals surface area contributed by atoms with E-state index in [2.05, 4.69) is 41.4 Å². The van der Waals surface area contributed by atoms with Crippen molar-refractivity contribution in [1.29, 1.82) is 0 Å². The molecule has 1 fully saturated rings. The first-order valence-corrected chi connectivity index (χ1v) is 9.77. The molecule has 0 saturated carbocycles. The van der Waals surface area contributed by atoms with E-state index in [1.807, 2.05) is 11.8 Å². The minimum absolute atomic E-state index is 0.136. The molecule has 1 atom stereocenters. The molecule has 0 radical (unpaired) electrons. The van der Waals surface area contributed by atoms with Crippen LogP contribution in [0.25, 0.3) is 0 Å². The van der Waals surface area contributed by atoms with Gasteiger partial charge in [0.1, 0.15) is 0 Å². The first kappa shape index (κ1) is 18.5. The number of anilines is 1. The molecule has 2 aromatic carbocycles. The van der Waals surface area contributed by atoms with Crippen molar-refractivity contribution in [2.75, 3.05) is 29.9 Å². The highest BCUT2D eigenvalue weighted by Crippen LogP contribution is 2.29. The number of nitrogens with zero attached hydrogens (tertiary/aromatic N) is 1. The lowest BCUT2D eigenvalue weighted by Gasteiger charge is -2.35. The zero-order valence-corrected chi connectivity index (χ0v) is 15.6. The van der Waals surface area contributed by atoms with Crippen LogP contribution < -0.4 is 11.1 Å². The first-order valence-electron chi connectivity index (χ1n) is 8.61. The number of nitrogens with one attached hydrogen (secondary N) is 1. The molecule has 0 bridgehead atoms. The molecule has 1 aliphatic rings. The minimum Gasteiger partial charge on any atom is -0.366 e. The quantitative estimate of drug-likeness (QED) is 0.850. The van der Waals surface area contributed by atoms with Crippen molar-refractivity contribution < 1.29 is 9.59 Å². The largest absolute Gasteiger partial charge is 0.366 e. The molecule has 1 heterocycles. The topological polar surface area (TPSA) is 75.4 Å². The standard InChI is InChI=1S/C20H23N3O2S/c1-14-6-8-15(9-7-14)18-13-26-11-10-23(18)12-19(24)22-17-5-3-2-4-16(17)20(21)25/h2-9,18H,10-13H2,1H3,(H2,21,25)(H,22,24). The van der Waals surface area contributed by atoms with Crippen LogP contribution in [-0.2, 0) is 4.79 Å². The van der Waals surface area contributed by atoms with Crippen LogP contribution in [0, 0.1) is 6.92 Å². The lowest BCUT2D eigenvalue weighted by atomic mass is 10.0. The van der Waals surface area contributed by atoms with Gasteiger partial charge < -0.3 is 11.1 Å². The van der Waals surface area contributed by atoms with Crippen molar-refractivity contribution in [1.82, 2.24) is 4.90 Å². The number of carbonyl (C=O) groups is 2. The van der Waals surface area contributed by atoms with Gasteiger partial charge in [-0.25, -0.2) is 0 Å². The number of benzene rings is 2. The number of thioether (sulfide) groups is 1. The molecule has 26 heavy (non-hydrogen) atoms. The Morgan fingerprint density at radius 3 is 2.65 bits per heavy atom. The molecule has 0 spiro atoms. The van der Waals surface area contributed by atoms with E-state index in [1.54, 1.807) is 24.3 Å². The van der Waals surface area contributed by atoms with Gasteiger partial charge in [0, 0.05) is 24.1 Å². The van der Waals surface area contributed by atoms with Crippen LogP contribution in [0.3, 0.4) is 0 Å². The fraction of sp³-hybridized carbons (Fsp3) is 0.300. The highest BCUT2D eigenvalue weighted by molar-refractivity contribution is 7.99. The molecule has 5 nitrogen and oxygen atoms in total. The van der Waals surface area contributed by atoms with Gasteiger partial charge in [0.2, 0.25) is 5.91 Å². The van der Waals surface area contributed by atoms with Crippen molar-refractivity contribution in [2.45, 2.75) is 13.0 Å². The fourth-order valence-corrected chi connectivity index (χ4v) is 4.26. The molecular weight excluding hydrogens is 346 g/mol. The summed E-state index contributed by atoms with van der Waals surface area (Å²) in [6, 6.07) is 15.5. The van der Waals surface area contributed by atoms with Crippen LogP contribution in [0.2, 0.25) is 0 Å². The van der Waals surface area contributed by atoms with Gasteiger partial charge in [-0.15, -0.1) is 0 Å². The third-order valence-corrected chi connectivity index (χ3v) is 5.54. The van der Waals surface area contributed by atoms with Gasteiger partial charge in [-0.1, -0.05) is 42.0 Å². The predicted octanol–water partition coefficient (Wildman–Crippen LogP) is 2.82. The summed E-state index contributed by atoms with van der Waals surface area (Å²) in [6.45, 7) is 3.21. The van der Waals surface area contributed by atoms with E-state index in [-0.39, 0.29) is 18.5 Å². The molecule has 1 aliphatic heterocycles. The Kier molecular flexibility index (Phi) is 5.96. The first-order chi connectivity index (χ1) is 12.5. The second kappa shape index (κ2) is 8.38. The summed E-state index contributed by atoms with van der Waals surface area (Å²) < 4.78 is 0. The van der Waals surface area contributed by atoms with E-state index in [1.165, 1.54) is 11.1 Å². The summed E-state index contributed by atoms with van der Waals surface area (Å²) in [5.74, 6) is 1.29. The van der Waals surface area contributed by atoms with Crippen molar-refractivity contribution in [3.8, 4) is 0 Å². The Bertz CT molecular complexity index is 792. The number of nitrogens with two attached hydrogens (primary N) is 1. The Morgan fingerprint density at radius 1 is 1.19 bits per heavy atom. The monoisotopic (exact) mass is 369 g/mol. The van der Waals surface area contributed by atoms with E-state index in [0.29, 0.717) is 11.3 Å². The van der Waals surface area contributed by atoms with E-state index < -0.39 is 5.91 Å². The summed E-state index contributed by atoms with van der Waals surface area (Å²) in [5.41, 5.74) is 8.62. The van der Waals surface area contributed by atoms with E-state index in [9.17, 15) is 9.59 Å². The maximum atomic E-state index is 12.6. The van der Waals surface area contributed by atoms with Crippen LogP contribution in [0.1, 0.15) is 27.5 Å². The summed E-state index contributed by atoms with van der Waals surface area (Å²) in [4.78, 5) is 26.3. The average Bonchev–Trinajstić information content (AvgIpc) is 2.63. The van der Waals surface area contributed by atoms with Gasteiger partial charge in [-0.3, -0.25) is 14.5 Å². The van der Waals surface area contributed by atoms with E-state index >= 15 is 0 Å². The zero-order chi connectivity index (χ0) is 18.5. The Hall–Kier alpha value is -2.31. The fourth-order valence-electron chi connectivity index (χ4n) is 3.10. The molecule has 136 valence electrons. The molecule has 3 N–H and O–H groups in total. The number of para-hydroxylation sites is 1. The lowest BCUT2D eigenvalue weighted by Crippen LogP contribution is -2.41. The van der Waals surface area contributed by atoms with Crippen LogP contribution in [0.15, 0.2) is 48.5 Å². The summed E-state index contributed by atoms with van der Waals surface area (Å²) >= 11 is 1.91. The van der Waals surface area contributed by atoms with Gasteiger partial charge in [0.15, 0.2) is 0 Å². The molecule has 6 heteroatoms. The summed E-state index contributed by atoms with van der Waals surface area (Å²) in [5, 5.41) is 2.83. The number of primary amides is 1. The number of hydrogen-bond donors (Lipinski definition) is 2. The maximum absolute atomic E-state index is 12.6. The van der Waals surface area contributed by atoms with Crippen LogP contribution in [0.5, 0.6) is 0 Å². The molecule has 3 rings (SSSR count). The highest BCUT2D eigenvalue weighted by Gasteiger charge is 2.26. The molecule has 1 saturated heterocycles. The van der Waals surface area contributed by atoms with Crippen molar-refractivity contribution >= 4 is 29.3 Å². The second-order valence-corrected chi connectivity index (χ2v) is 7.58. The summed E-state index contributed by atoms with van der Waals surface area (Å²) in [7, 11) is 0. The Balaban J connectivity index is 1.71. The number of rotatable bonds is 5. The van der Waals surface area contributed by atoms with Gasteiger partial charge in [0.25, 0.3) is 5.91 Å². The van der Waals surface area contributed by atoms with Gasteiger partial charge in [-0.05, 0) is 24.6 Å². The van der Waals surface area contributed by atoms with Crippen molar-refractivity contribution in [2.24, 2.45) is 5.73 Å². The number of amides is 2. The number of hydrogen-bond acceptors (Lipinski definition) is 4. The summed E-state index contributed by atoms with van der Waals surface area (Å²) in [6.07, 6.45) is 0. The molecule has 2 amide bonds. The molecule has 1 unspecified atom stereocenters. The number of carbonyl (C=O) groups excluding carboxylic acids is 2. The van der Waals surface area contributed by atoms with Crippen LogP contribution in [0.4, 0.5) is 5.69 Å². The molecule has 0 aromatic heterocycles. The minimum atomic E-state index is -0.548. The molecule has 2 aromatic rings. The Labute approximate surface area is 157 Å². The third-order valence-electron chi connectivity index (χ3n) is 4.51. The van der Waals surface area contributed by atoms with Crippen LogP contribution >= 0.6 is 11.8 Å². The second-order valence-electron chi connectivity index (χ2n) is 6.43. The van der Waals surface area contributed by atoms with Gasteiger partial charge in [-0.2, -0.15) is 11.8 Å². The molecule has 0 aliphatic carbocycles. The van der Waals surface area contributed by atoms with Gasteiger partial charge in [0.05, 0.1) is 17.8 Å². The smallest absolute Gasteiger partial charge is 0.250 e. The van der Waals surface area contributed by atoms with E-state index in [0.717, 1.165) is 18.1 Å². The zero-order valence-electron chi connectivity index (χ0n) is 14.8. The third kappa shape index (κ3) is 4.45. The SMILES string of the molecule is Cc1ccc(C2CSCCN2CC(=O)Nc2ccccc2C(N)=O)cc1. The normalized spacial score (nSPS) is 17.7. The lowest BCUT2D eigenvalue weighted by molar-refractivity contribution is -0.117. The highest BCUT2D eigenvalue weighted by atomic mass is 32.2. The van der Waals surface area contributed by atoms with Crippen molar-refractivity contribution in [3.05, 3.63) is 65.2 Å². The molecular formula is C20H23N3O2S. The average molecular weight is 369 g/mol. The number of aryl methyl sites for hydroxylation is 1. The predicted molar refractivity (Wildman–Crippen MR) is 106 cm³/mol. The van der Waals surface area contributed by atoms with E-state index in [4.69, 9.17) is 5.73 Å².